The summed E-state index contributed by atoms with van der Waals surface area (Å²) in [6.07, 6.45) is 0. The summed E-state index contributed by atoms with van der Waals surface area (Å²) in [6, 6.07) is 13.4. The Morgan fingerprint density at radius 3 is 2.24 bits per heavy atom. The number of aryl methyl sites for hydroxylation is 3. The highest BCUT2D eigenvalue weighted by atomic mass is 32.2. The molecule has 34 heavy (non-hydrogen) atoms. The largest absolute Gasteiger partial charge is 0.482 e. The molecule has 10 heteroatoms. The Kier molecular flexibility index (Phi) is 7.95. The molecule has 1 aromatic heterocycles. The van der Waals surface area contributed by atoms with Crippen molar-refractivity contribution < 1.29 is 27.5 Å². The molecule has 0 radical (unpaired) electrons. The number of amides is 1. The highest BCUT2D eigenvalue weighted by Crippen LogP contribution is 2.26. The first-order valence-corrected chi connectivity index (χ1v) is 12.7. The number of esters is 1. The lowest BCUT2D eigenvalue weighted by molar-refractivity contribution is -0.149. The normalized spacial score (nSPS) is 11.1. The van der Waals surface area contributed by atoms with Crippen molar-refractivity contribution in [2.75, 3.05) is 29.9 Å². The zero-order valence-electron chi connectivity index (χ0n) is 19.3. The molecule has 2 aromatic carbocycles. The van der Waals surface area contributed by atoms with Crippen LogP contribution in [-0.2, 0) is 24.3 Å². The third kappa shape index (κ3) is 6.15. The van der Waals surface area contributed by atoms with Crippen molar-refractivity contribution in [2.24, 2.45) is 0 Å². The average Bonchev–Trinajstić information content (AvgIpc) is 3.34. The van der Waals surface area contributed by atoms with E-state index >= 15 is 0 Å². The first kappa shape index (κ1) is 25.3. The summed E-state index contributed by atoms with van der Waals surface area (Å²) in [4.78, 5) is 24.1. The molecule has 3 rings (SSSR count). The second-order valence-electron chi connectivity index (χ2n) is 7.67. The predicted molar refractivity (Wildman–Crippen MR) is 132 cm³/mol. The van der Waals surface area contributed by atoms with Gasteiger partial charge in [0.1, 0.15) is 9.96 Å². The smallest absolute Gasteiger partial charge is 0.344 e. The van der Waals surface area contributed by atoms with Gasteiger partial charge in [-0.05, 0) is 67.6 Å². The Morgan fingerprint density at radius 2 is 1.65 bits per heavy atom. The molecule has 0 aliphatic carbocycles. The highest BCUT2D eigenvalue weighted by Gasteiger charge is 2.22. The van der Waals surface area contributed by atoms with Gasteiger partial charge in [0.05, 0.1) is 5.69 Å². The summed E-state index contributed by atoms with van der Waals surface area (Å²) < 4.78 is 37.0. The number of carbonyl (C=O) groups excluding carboxylic acids is 2. The van der Waals surface area contributed by atoms with Gasteiger partial charge in [-0.1, -0.05) is 23.8 Å². The lowest BCUT2D eigenvalue weighted by Gasteiger charge is -2.18. The van der Waals surface area contributed by atoms with E-state index in [1.807, 2.05) is 32.9 Å². The number of nitrogens with zero attached hydrogens (tertiary/aromatic N) is 1. The molecule has 1 N–H and O–H groups in total. The Morgan fingerprint density at radius 1 is 1.00 bits per heavy atom. The number of thiophene rings is 1. The maximum Gasteiger partial charge on any atom is 0.344 e. The molecule has 3 aromatic rings. The highest BCUT2D eigenvalue weighted by molar-refractivity contribution is 7.94. The molecule has 0 aliphatic rings. The number of anilines is 2. The van der Waals surface area contributed by atoms with Crippen LogP contribution in [0, 0.1) is 20.8 Å². The predicted octanol–water partition coefficient (Wildman–Crippen LogP) is 4.06. The van der Waals surface area contributed by atoms with E-state index in [1.165, 1.54) is 11.4 Å². The Balaban J connectivity index is 1.48. The lowest BCUT2D eigenvalue weighted by Crippen LogP contribution is -2.25. The first-order valence-electron chi connectivity index (χ1n) is 10.4. The van der Waals surface area contributed by atoms with Gasteiger partial charge >= 0.3 is 5.97 Å². The molecule has 0 saturated carbocycles. The van der Waals surface area contributed by atoms with Gasteiger partial charge in [-0.15, -0.1) is 11.3 Å². The van der Waals surface area contributed by atoms with Gasteiger partial charge in [0.25, 0.3) is 15.9 Å². The number of nitrogens with one attached hydrogen (secondary N) is 1. The van der Waals surface area contributed by atoms with Crippen molar-refractivity contribution in [3.63, 3.8) is 0 Å². The van der Waals surface area contributed by atoms with E-state index in [4.69, 9.17) is 9.47 Å². The van der Waals surface area contributed by atoms with Crippen molar-refractivity contribution in [3.05, 3.63) is 70.6 Å². The summed E-state index contributed by atoms with van der Waals surface area (Å²) >= 11 is 1.14. The molecule has 0 fully saturated rings. The van der Waals surface area contributed by atoms with Gasteiger partial charge in [-0.2, -0.15) is 0 Å². The van der Waals surface area contributed by atoms with E-state index in [0.29, 0.717) is 17.1 Å². The summed E-state index contributed by atoms with van der Waals surface area (Å²) in [5.74, 6) is -0.783. The van der Waals surface area contributed by atoms with Gasteiger partial charge in [0.2, 0.25) is 0 Å². The van der Waals surface area contributed by atoms with E-state index in [9.17, 15) is 18.0 Å². The molecule has 8 nitrogen and oxygen atoms in total. The van der Waals surface area contributed by atoms with Crippen LogP contribution in [-0.4, -0.2) is 40.6 Å². The van der Waals surface area contributed by atoms with Gasteiger partial charge < -0.3 is 14.8 Å². The van der Waals surface area contributed by atoms with Crippen molar-refractivity contribution in [1.29, 1.82) is 0 Å². The van der Waals surface area contributed by atoms with Crippen LogP contribution in [0.2, 0.25) is 0 Å². The van der Waals surface area contributed by atoms with Crippen LogP contribution in [0.15, 0.2) is 58.1 Å². The third-order valence-electron chi connectivity index (χ3n) is 4.97. The number of sulfonamides is 1. The summed E-state index contributed by atoms with van der Waals surface area (Å²) in [5.41, 5.74) is 4.10. The Bertz CT molecular complexity index is 1250. The van der Waals surface area contributed by atoms with E-state index in [1.54, 1.807) is 41.8 Å². The van der Waals surface area contributed by atoms with Gasteiger partial charge in [-0.25, -0.2) is 13.2 Å². The number of carbonyl (C=O) groups is 2. The van der Waals surface area contributed by atoms with Gasteiger partial charge in [0, 0.05) is 12.7 Å². The lowest BCUT2D eigenvalue weighted by atomic mass is 10.1. The zero-order chi connectivity index (χ0) is 24.9. The minimum Gasteiger partial charge on any atom is -0.482 e. The van der Waals surface area contributed by atoms with Crippen molar-refractivity contribution in [1.82, 2.24) is 0 Å². The van der Waals surface area contributed by atoms with Crippen LogP contribution < -0.4 is 14.4 Å². The van der Waals surface area contributed by atoms with Crippen LogP contribution in [0.1, 0.15) is 16.7 Å². The molecular weight excluding hydrogens is 476 g/mol. The molecule has 0 unspecified atom stereocenters. The fourth-order valence-corrected chi connectivity index (χ4v) is 5.68. The van der Waals surface area contributed by atoms with Crippen LogP contribution >= 0.6 is 11.3 Å². The Labute approximate surface area is 203 Å². The van der Waals surface area contributed by atoms with Gasteiger partial charge in [-0.3, -0.25) is 9.10 Å². The maximum absolute atomic E-state index is 12.6. The Hall–Kier alpha value is -3.37. The minimum absolute atomic E-state index is 0.245. The molecule has 0 atom stereocenters. The molecule has 0 spiro atoms. The second kappa shape index (κ2) is 10.7. The van der Waals surface area contributed by atoms with Crippen LogP contribution in [0.4, 0.5) is 11.4 Å². The monoisotopic (exact) mass is 502 g/mol. The maximum atomic E-state index is 12.6. The van der Waals surface area contributed by atoms with Crippen LogP contribution in [0.3, 0.4) is 0 Å². The summed E-state index contributed by atoms with van der Waals surface area (Å²) in [5, 5.41) is 4.46. The summed E-state index contributed by atoms with van der Waals surface area (Å²) in [7, 11) is -2.17. The quantitative estimate of drug-likeness (QED) is 0.443. The van der Waals surface area contributed by atoms with Crippen molar-refractivity contribution in [3.8, 4) is 5.75 Å². The number of rotatable bonds is 9. The number of hydrogen-bond donors (Lipinski definition) is 1. The first-order chi connectivity index (χ1) is 16.1. The van der Waals surface area contributed by atoms with Crippen molar-refractivity contribution in [2.45, 2.75) is 25.0 Å². The minimum atomic E-state index is -3.63. The molecular formula is C24H26N2O6S2. The molecule has 1 heterocycles. The number of hydrogen-bond acceptors (Lipinski definition) is 7. The van der Waals surface area contributed by atoms with E-state index in [2.05, 4.69) is 5.32 Å². The van der Waals surface area contributed by atoms with E-state index in [-0.39, 0.29) is 4.21 Å². The average molecular weight is 503 g/mol. The number of benzene rings is 2. The number of ether oxygens (including phenoxy) is 2. The SMILES string of the molecule is Cc1cc(C)c(NC(=O)COC(=O)COc2ccc(N(C)S(=O)(=O)c3cccs3)cc2)c(C)c1. The standard InChI is InChI=1S/C24H26N2O6S2/c1-16-12-17(2)24(18(3)13-16)25-21(27)14-32-22(28)15-31-20-9-7-19(8-10-20)26(4)34(29,30)23-6-5-11-33-23/h5-13H,14-15H2,1-4H3,(H,25,27). The molecule has 180 valence electrons. The zero-order valence-corrected chi connectivity index (χ0v) is 21.0. The third-order valence-corrected chi connectivity index (χ3v) is 8.13. The van der Waals surface area contributed by atoms with E-state index < -0.39 is 35.1 Å². The van der Waals surface area contributed by atoms with E-state index in [0.717, 1.165) is 28.0 Å². The molecule has 0 saturated heterocycles. The topological polar surface area (TPSA) is 102 Å². The fraction of sp³-hybridized carbons (Fsp3) is 0.250. The second-order valence-corrected chi connectivity index (χ2v) is 10.8. The fourth-order valence-electron chi connectivity index (χ4n) is 3.32. The van der Waals surface area contributed by atoms with Gasteiger partial charge in [0.15, 0.2) is 13.2 Å². The molecule has 0 aliphatic heterocycles. The summed E-state index contributed by atoms with van der Waals surface area (Å²) in [6.45, 7) is 4.95. The van der Waals surface area contributed by atoms with Crippen LogP contribution in [0.5, 0.6) is 5.75 Å². The molecule has 0 bridgehead atoms. The molecule has 1 amide bonds. The van der Waals surface area contributed by atoms with Crippen molar-refractivity contribution >= 4 is 44.6 Å². The van der Waals surface area contributed by atoms with Crippen LogP contribution in [0.25, 0.3) is 0 Å².